The lowest BCUT2D eigenvalue weighted by molar-refractivity contribution is 0.265. The maximum absolute atomic E-state index is 10.4. The van der Waals surface area contributed by atoms with E-state index in [2.05, 4.69) is 4.18 Å². The van der Waals surface area contributed by atoms with Crippen molar-refractivity contribution in [3.05, 3.63) is 0 Å². The van der Waals surface area contributed by atoms with Gasteiger partial charge in [-0.25, -0.2) is 0 Å². The van der Waals surface area contributed by atoms with Crippen molar-refractivity contribution in [1.29, 1.82) is 0 Å². The zero-order chi connectivity index (χ0) is 9.07. The first-order valence-electron chi connectivity index (χ1n) is 2.98. The van der Waals surface area contributed by atoms with Crippen LogP contribution in [0, 0.1) is 0 Å². The van der Waals surface area contributed by atoms with Gasteiger partial charge in [-0.15, -0.1) is 0 Å². The molecule has 0 saturated heterocycles. The Bertz CT molecular complexity index is 233. The van der Waals surface area contributed by atoms with Crippen molar-refractivity contribution in [1.82, 2.24) is 0 Å². The summed E-state index contributed by atoms with van der Waals surface area (Å²) in [6.45, 7) is 1.58. The van der Waals surface area contributed by atoms with Crippen molar-refractivity contribution >= 4 is 18.1 Å². The highest BCUT2D eigenvalue weighted by Gasteiger charge is 2.17. The minimum absolute atomic E-state index is 0.210. The molecule has 0 bridgehead atoms. The summed E-state index contributed by atoms with van der Waals surface area (Å²) >= 11 is 0. The van der Waals surface area contributed by atoms with E-state index in [9.17, 15) is 13.0 Å². The quantitative estimate of drug-likeness (QED) is 0.519. The Balaban J connectivity index is 4.22. The zero-order valence-electron chi connectivity index (χ0n) is 6.27. The zero-order valence-corrected chi connectivity index (χ0v) is 8.09. The van der Waals surface area contributed by atoms with Crippen LogP contribution in [0.2, 0.25) is 0 Å². The van der Waals surface area contributed by atoms with Gasteiger partial charge in [0, 0.05) is 0 Å². The fourth-order valence-corrected chi connectivity index (χ4v) is 2.26. The Hall–Kier alpha value is 0.1000. The largest absolute Gasteiger partial charge is 0.345 e. The van der Waals surface area contributed by atoms with Crippen LogP contribution in [0.25, 0.3) is 0 Å². The van der Waals surface area contributed by atoms with Gasteiger partial charge in [0.2, 0.25) is 8.03 Å². The summed E-state index contributed by atoms with van der Waals surface area (Å²) < 4.78 is 35.6. The van der Waals surface area contributed by atoms with E-state index in [1.807, 2.05) is 0 Å². The second-order valence-corrected chi connectivity index (χ2v) is 4.96. The molecule has 0 aromatic rings. The molecule has 0 spiro atoms. The van der Waals surface area contributed by atoms with Gasteiger partial charge in [-0.3, -0.25) is 8.75 Å². The molecule has 0 aliphatic heterocycles. The molecular formula is C4H11O5PS. The fraction of sp³-hybridized carbons (Fsp3) is 1.00. The summed E-state index contributed by atoms with van der Waals surface area (Å²) in [6.07, 6.45) is 1.06. The van der Waals surface area contributed by atoms with Crippen molar-refractivity contribution < 1.29 is 22.1 Å². The minimum Gasteiger partial charge on any atom is -0.345 e. The summed E-state index contributed by atoms with van der Waals surface area (Å²) in [4.78, 5) is 8.53. The van der Waals surface area contributed by atoms with Crippen LogP contribution in [-0.2, 0) is 18.9 Å². The number of hydrogen-bond donors (Lipinski definition) is 1. The van der Waals surface area contributed by atoms with Gasteiger partial charge in [0.1, 0.15) is 5.85 Å². The average Bonchev–Trinajstić information content (AvgIpc) is 1.80. The molecule has 0 heterocycles. The molecule has 0 amide bonds. The van der Waals surface area contributed by atoms with Crippen molar-refractivity contribution in [2.24, 2.45) is 0 Å². The van der Waals surface area contributed by atoms with Crippen LogP contribution in [0.5, 0.6) is 0 Å². The normalized spacial score (nSPS) is 17.7. The standard InChI is InChI=1S/C4H11O5PS/c1-3-4(10(5)6)9-11(2,7)8/h4,10H,3H2,1-2H3,(H,5,6). The van der Waals surface area contributed by atoms with Crippen LogP contribution in [-0.4, -0.2) is 25.4 Å². The topological polar surface area (TPSA) is 80.7 Å². The third-order valence-corrected chi connectivity index (χ3v) is 2.77. The molecule has 0 fully saturated rings. The van der Waals surface area contributed by atoms with Crippen LogP contribution < -0.4 is 0 Å². The van der Waals surface area contributed by atoms with Gasteiger partial charge in [0.15, 0.2) is 0 Å². The molecule has 0 aromatic carbocycles. The Morgan fingerprint density at radius 1 is 1.64 bits per heavy atom. The van der Waals surface area contributed by atoms with Gasteiger partial charge in [-0.1, -0.05) is 6.92 Å². The van der Waals surface area contributed by atoms with E-state index in [4.69, 9.17) is 4.89 Å². The van der Waals surface area contributed by atoms with E-state index in [0.29, 0.717) is 0 Å². The maximum atomic E-state index is 10.4. The number of rotatable bonds is 4. The Kier molecular flexibility index (Phi) is 4.25. The first-order valence-corrected chi connectivity index (χ1v) is 6.23. The van der Waals surface area contributed by atoms with Crippen molar-refractivity contribution in [3.63, 3.8) is 0 Å². The summed E-state index contributed by atoms with van der Waals surface area (Å²) in [5.41, 5.74) is 0. The van der Waals surface area contributed by atoms with Crippen molar-refractivity contribution in [2.45, 2.75) is 19.2 Å². The van der Waals surface area contributed by atoms with Crippen molar-refractivity contribution in [3.8, 4) is 0 Å². The molecule has 2 unspecified atom stereocenters. The molecule has 1 N–H and O–H groups in total. The van der Waals surface area contributed by atoms with Gasteiger partial charge in [0.05, 0.1) is 6.26 Å². The van der Waals surface area contributed by atoms with Gasteiger partial charge in [-0.2, -0.15) is 8.42 Å². The first kappa shape index (κ1) is 11.1. The van der Waals surface area contributed by atoms with E-state index in [-0.39, 0.29) is 6.42 Å². The van der Waals surface area contributed by atoms with E-state index in [0.717, 1.165) is 6.26 Å². The summed E-state index contributed by atoms with van der Waals surface area (Å²) in [7, 11) is -6.52. The average molecular weight is 202 g/mol. The monoisotopic (exact) mass is 202 g/mol. The second-order valence-electron chi connectivity index (χ2n) is 2.04. The van der Waals surface area contributed by atoms with E-state index in [1.54, 1.807) is 6.92 Å². The van der Waals surface area contributed by atoms with Gasteiger partial charge < -0.3 is 4.89 Å². The molecule has 0 saturated carbocycles. The van der Waals surface area contributed by atoms with Gasteiger partial charge in [0.25, 0.3) is 10.1 Å². The van der Waals surface area contributed by atoms with E-state index in [1.165, 1.54) is 0 Å². The molecule has 2 atom stereocenters. The Morgan fingerprint density at radius 3 is 2.18 bits per heavy atom. The van der Waals surface area contributed by atoms with E-state index >= 15 is 0 Å². The van der Waals surface area contributed by atoms with Crippen LogP contribution in [0.4, 0.5) is 0 Å². The predicted molar refractivity (Wildman–Crippen MR) is 41.2 cm³/mol. The second kappa shape index (κ2) is 4.21. The third-order valence-electron chi connectivity index (χ3n) is 0.937. The molecule has 7 heteroatoms. The smallest absolute Gasteiger partial charge is 0.265 e. The highest BCUT2D eigenvalue weighted by molar-refractivity contribution is 7.86. The van der Waals surface area contributed by atoms with Crippen molar-refractivity contribution in [2.75, 3.05) is 6.26 Å². The lowest BCUT2D eigenvalue weighted by Crippen LogP contribution is -2.12. The Morgan fingerprint density at radius 2 is 2.09 bits per heavy atom. The first-order chi connectivity index (χ1) is 4.87. The minimum atomic E-state index is -3.61. The van der Waals surface area contributed by atoms with Crippen LogP contribution in [0.3, 0.4) is 0 Å². The molecule has 0 aliphatic carbocycles. The molecule has 0 aromatic heterocycles. The van der Waals surface area contributed by atoms with Gasteiger partial charge >= 0.3 is 0 Å². The SMILES string of the molecule is CCC(OS(C)(=O)=O)[PH](=O)O. The van der Waals surface area contributed by atoms with Crippen LogP contribution >= 0.6 is 8.03 Å². The molecule has 0 aliphatic rings. The highest BCUT2D eigenvalue weighted by atomic mass is 32.2. The molecule has 11 heavy (non-hydrogen) atoms. The highest BCUT2D eigenvalue weighted by Crippen LogP contribution is 2.27. The van der Waals surface area contributed by atoms with Crippen LogP contribution in [0.1, 0.15) is 13.3 Å². The molecule has 68 valence electrons. The van der Waals surface area contributed by atoms with E-state index < -0.39 is 24.0 Å². The molecular weight excluding hydrogens is 191 g/mol. The molecule has 0 rings (SSSR count). The summed E-state index contributed by atoms with van der Waals surface area (Å²) in [6, 6.07) is 0. The lowest BCUT2D eigenvalue weighted by Gasteiger charge is -2.09. The fourth-order valence-electron chi connectivity index (χ4n) is 0.495. The third kappa shape index (κ3) is 5.38. The predicted octanol–water partition coefficient (Wildman–Crippen LogP) is 0.166. The molecule has 5 nitrogen and oxygen atoms in total. The van der Waals surface area contributed by atoms with Gasteiger partial charge in [-0.05, 0) is 6.42 Å². The number of hydrogen-bond acceptors (Lipinski definition) is 4. The molecule has 0 radical (unpaired) electrons. The van der Waals surface area contributed by atoms with Crippen LogP contribution in [0.15, 0.2) is 0 Å². The lowest BCUT2D eigenvalue weighted by atomic mass is 10.5. The summed E-state index contributed by atoms with van der Waals surface area (Å²) in [5.74, 6) is -1.07. The maximum Gasteiger partial charge on any atom is 0.265 e. The Labute approximate surface area is 66.4 Å². The summed E-state index contributed by atoms with van der Waals surface area (Å²) in [5, 5.41) is 0.